The Hall–Kier alpha value is -4.13. The fraction of sp³-hybridized carbons (Fsp3) is 0.323. The molecule has 1 aromatic heterocycles. The number of unbranched alkanes of at least 4 members (excludes halogenated alkanes) is 1. The van der Waals surface area contributed by atoms with E-state index in [4.69, 9.17) is 9.72 Å². The molecule has 3 aromatic carbocycles. The first-order valence-electron chi connectivity index (χ1n) is 13.3. The Morgan fingerprint density at radius 1 is 0.947 bits per heavy atom. The van der Waals surface area contributed by atoms with E-state index in [1.165, 1.54) is 4.90 Å². The molecule has 0 fully saturated rings. The minimum Gasteiger partial charge on any atom is -0.449 e. The lowest BCUT2D eigenvalue weighted by molar-refractivity contribution is 0.0940. The molecule has 4 aromatic rings. The van der Waals surface area contributed by atoms with Crippen LogP contribution in [-0.2, 0) is 4.74 Å². The molecule has 38 heavy (non-hydrogen) atoms. The summed E-state index contributed by atoms with van der Waals surface area (Å²) in [5.41, 5.74) is 4.54. The smallest absolute Gasteiger partial charge is 0.415 e. The van der Waals surface area contributed by atoms with Crippen molar-refractivity contribution in [3.05, 3.63) is 89.7 Å². The molecule has 0 radical (unpaired) electrons. The van der Waals surface area contributed by atoms with Crippen LogP contribution in [-0.4, -0.2) is 41.5 Å². The first-order chi connectivity index (χ1) is 18.5. The summed E-state index contributed by atoms with van der Waals surface area (Å²) in [6.07, 6.45) is 1.05. The Balaban J connectivity index is 1.88. The van der Waals surface area contributed by atoms with Crippen LogP contribution < -0.4 is 9.80 Å². The summed E-state index contributed by atoms with van der Waals surface area (Å²) in [6, 6.07) is 21.5. The number of H-pyrrole nitrogens is 1. The lowest BCUT2D eigenvalue weighted by Crippen LogP contribution is -2.41. The summed E-state index contributed by atoms with van der Waals surface area (Å²) >= 11 is 0. The van der Waals surface area contributed by atoms with E-state index in [1.807, 2.05) is 68.4 Å². The number of aromatic nitrogens is 2. The predicted molar refractivity (Wildman–Crippen MR) is 153 cm³/mol. The maximum Gasteiger partial charge on any atom is 0.415 e. The van der Waals surface area contributed by atoms with Crippen LogP contribution in [0.15, 0.2) is 72.8 Å². The zero-order valence-corrected chi connectivity index (χ0v) is 22.6. The number of nitrogens with one attached hydrogen (secondary N) is 1. The fourth-order valence-electron chi connectivity index (χ4n) is 4.64. The van der Waals surface area contributed by atoms with Crippen molar-refractivity contribution in [3.63, 3.8) is 0 Å². The minimum atomic E-state index is -1.04. The van der Waals surface area contributed by atoms with Gasteiger partial charge in [0, 0.05) is 24.3 Å². The molecule has 0 aliphatic heterocycles. The van der Waals surface area contributed by atoms with E-state index in [9.17, 15) is 9.59 Å². The number of Topliss-reactive ketones (excluding diaryl/α,β-unsaturated/α-hetero) is 1. The van der Waals surface area contributed by atoms with E-state index in [-0.39, 0.29) is 12.4 Å². The van der Waals surface area contributed by atoms with Crippen molar-refractivity contribution in [1.82, 2.24) is 9.97 Å². The Morgan fingerprint density at radius 3 is 2.32 bits per heavy atom. The van der Waals surface area contributed by atoms with Crippen LogP contribution in [0, 0.1) is 6.92 Å². The van der Waals surface area contributed by atoms with E-state index in [2.05, 4.69) is 29.8 Å². The first kappa shape index (κ1) is 26.9. The number of hydrogen-bond donors (Lipinski definition) is 1. The average molecular weight is 513 g/mol. The van der Waals surface area contributed by atoms with Gasteiger partial charge in [-0.3, -0.25) is 9.69 Å². The number of aromatic amines is 1. The van der Waals surface area contributed by atoms with Crippen LogP contribution in [0.4, 0.5) is 16.2 Å². The third-order valence-electron chi connectivity index (χ3n) is 6.72. The van der Waals surface area contributed by atoms with Gasteiger partial charge in [0.05, 0.1) is 23.3 Å². The summed E-state index contributed by atoms with van der Waals surface area (Å²) in [5.74, 6) is 0.143. The molecule has 1 heterocycles. The van der Waals surface area contributed by atoms with Crippen molar-refractivity contribution in [2.75, 3.05) is 29.5 Å². The molecule has 1 unspecified atom stereocenters. The molecule has 7 nitrogen and oxygen atoms in total. The molecule has 0 saturated carbocycles. The van der Waals surface area contributed by atoms with Crippen LogP contribution in [0.5, 0.6) is 0 Å². The van der Waals surface area contributed by atoms with E-state index in [0.29, 0.717) is 17.1 Å². The second kappa shape index (κ2) is 12.4. The van der Waals surface area contributed by atoms with Crippen LogP contribution in [0.2, 0.25) is 0 Å². The fourth-order valence-corrected chi connectivity index (χ4v) is 4.64. The molecule has 0 bridgehead atoms. The number of imidazole rings is 1. The van der Waals surface area contributed by atoms with Crippen molar-refractivity contribution < 1.29 is 14.3 Å². The lowest BCUT2D eigenvalue weighted by atomic mass is 10.0. The van der Waals surface area contributed by atoms with Gasteiger partial charge in [0.15, 0.2) is 11.8 Å². The molecular formula is C31H36N4O3. The summed E-state index contributed by atoms with van der Waals surface area (Å²) in [6.45, 7) is 10.2. The second-order valence-electron chi connectivity index (χ2n) is 9.25. The molecule has 0 spiro atoms. The van der Waals surface area contributed by atoms with Gasteiger partial charge in [-0.05, 0) is 63.1 Å². The molecule has 198 valence electrons. The summed E-state index contributed by atoms with van der Waals surface area (Å²) in [4.78, 5) is 39.7. The average Bonchev–Trinajstić information content (AvgIpc) is 3.37. The number of para-hydroxylation sites is 2. The summed E-state index contributed by atoms with van der Waals surface area (Å²) < 4.78 is 5.72. The molecule has 0 aliphatic carbocycles. The first-order valence-corrected chi connectivity index (χ1v) is 13.3. The van der Waals surface area contributed by atoms with Crippen molar-refractivity contribution in [2.24, 2.45) is 0 Å². The number of amides is 1. The number of rotatable bonds is 11. The van der Waals surface area contributed by atoms with Gasteiger partial charge in [-0.1, -0.05) is 55.8 Å². The van der Waals surface area contributed by atoms with Crippen LogP contribution >= 0.6 is 0 Å². The van der Waals surface area contributed by atoms with Crippen LogP contribution in [0.3, 0.4) is 0 Å². The second-order valence-corrected chi connectivity index (χ2v) is 9.25. The minimum absolute atomic E-state index is 0.246. The highest BCUT2D eigenvalue weighted by molar-refractivity contribution is 6.07. The van der Waals surface area contributed by atoms with E-state index < -0.39 is 12.1 Å². The SMILES string of the molecule is CCCCOC(=O)N(c1ccc(N(CC)CC)cc1C)C(C(=O)c1ccccc1)c1nc2ccccc2[nH]1. The largest absolute Gasteiger partial charge is 0.449 e. The molecule has 1 atom stereocenters. The number of carbonyl (C=O) groups is 2. The van der Waals surface area contributed by atoms with Crippen LogP contribution in [0.1, 0.15) is 61.4 Å². The Kier molecular flexibility index (Phi) is 8.79. The van der Waals surface area contributed by atoms with Crippen molar-refractivity contribution in [3.8, 4) is 0 Å². The third kappa shape index (κ3) is 5.72. The topological polar surface area (TPSA) is 78.5 Å². The van der Waals surface area contributed by atoms with Crippen molar-refractivity contribution in [1.29, 1.82) is 0 Å². The number of anilines is 2. The molecule has 4 rings (SSSR count). The van der Waals surface area contributed by atoms with E-state index in [1.54, 1.807) is 12.1 Å². The maximum atomic E-state index is 14.1. The summed E-state index contributed by atoms with van der Waals surface area (Å²) in [5, 5.41) is 0. The molecule has 1 N–H and O–H groups in total. The highest BCUT2D eigenvalue weighted by atomic mass is 16.6. The summed E-state index contributed by atoms with van der Waals surface area (Å²) in [7, 11) is 0. The van der Waals surface area contributed by atoms with Crippen LogP contribution in [0.25, 0.3) is 11.0 Å². The number of ether oxygens (including phenoxy) is 1. The van der Waals surface area contributed by atoms with Crippen molar-refractivity contribution >= 4 is 34.3 Å². The molecule has 0 aliphatic rings. The van der Waals surface area contributed by atoms with Gasteiger partial charge in [-0.2, -0.15) is 0 Å². The molecule has 7 heteroatoms. The standard InChI is InChI=1S/C31H36N4O3/c1-5-8-20-38-31(37)35(27-19-18-24(21-22(27)4)34(6-2)7-3)28(29(36)23-14-10-9-11-15-23)30-32-25-16-12-13-17-26(25)33-30/h9-19,21,28H,5-8,20H2,1-4H3,(H,32,33). The van der Waals surface area contributed by atoms with Gasteiger partial charge in [-0.15, -0.1) is 0 Å². The van der Waals surface area contributed by atoms with Crippen molar-refractivity contribution in [2.45, 2.75) is 46.6 Å². The highest BCUT2D eigenvalue weighted by Crippen LogP contribution is 2.35. The predicted octanol–water partition coefficient (Wildman–Crippen LogP) is 7.08. The number of nitrogens with zero attached hydrogens (tertiary/aromatic N) is 3. The van der Waals surface area contributed by atoms with Gasteiger partial charge in [0.2, 0.25) is 0 Å². The zero-order chi connectivity index (χ0) is 27.1. The van der Waals surface area contributed by atoms with Gasteiger partial charge in [-0.25, -0.2) is 9.78 Å². The van der Waals surface area contributed by atoms with E-state index in [0.717, 1.165) is 48.2 Å². The lowest BCUT2D eigenvalue weighted by Gasteiger charge is -2.31. The monoisotopic (exact) mass is 512 g/mol. The Bertz CT molecular complexity index is 1350. The maximum absolute atomic E-state index is 14.1. The molecule has 0 saturated heterocycles. The number of fused-ring (bicyclic) bond motifs is 1. The van der Waals surface area contributed by atoms with Gasteiger partial charge < -0.3 is 14.6 Å². The number of carbonyl (C=O) groups excluding carboxylic acids is 2. The molecule has 1 amide bonds. The third-order valence-corrected chi connectivity index (χ3v) is 6.72. The van der Waals surface area contributed by atoms with Gasteiger partial charge >= 0.3 is 6.09 Å². The number of ketones is 1. The van der Waals surface area contributed by atoms with Gasteiger partial charge in [0.25, 0.3) is 0 Å². The number of aryl methyl sites for hydroxylation is 1. The Labute approximate surface area is 224 Å². The van der Waals surface area contributed by atoms with Gasteiger partial charge in [0.1, 0.15) is 5.82 Å². The quantitative estimate of drug-likeness (QED) is 0.172. The zero-order valence-electron chi connectivity index (χ0n) is 22.6. The van der Waals surface area contributed by atoms with E-state index >= 15 is 0 Å². The normalized spacial score (nSPS) is 11.8. The number of hydrogen-bond acceptors (Lipinski definition) is 5. The Morgan fingerprint density at radius 2 is 1.66 bits per heavy atom. The number of benzene rings is 3. The highest BCUT2D eigenvalue weighted by Gasteiger charge is 2.37. The molecular weight excluding hydrogens is 476 g/mol.